The standard InChI is InChI=1S/C9Cl9N/c10-1-2(11)8(17)5(14)6(15)9(18)4(13)3(12)7(1,16)19(8)9. The highest BCUT2D eigenvalue weighted by atomic mass is 35.5. The molecule has 3 aliphatic rings. The number of hydrogen-bond donors (Lipinski definition) is 0. The summed E-state index contributed by atoms with van der Waals surface area (Å²) in [6, 6.07) is 0. The van der Waals surface area contributed by atoms with Crippen molar-refractivity contribution in [1.82, 2.24) is 4.90 Å². The Hall–Kier alpha value is 1.79. The maximum absolute atomic E-state index is 6.46. The van der Waals surface area contributed by atoms with Crippen molar-refractivity contribution in [1.29, 1.82) is 0 Å². The van der Waals surface area contributed by atoms with E-state index in [1.54, 1.807) is 0 Å². The van der Waals surface area contributed by atoms with E-state index in [4.69, 9.17) is 104 Å². The minimum Gasteiger partial charge on any atom is -0.218 e. The molecule has 0 amide bonds. The molecule has 0 atom stereocenters. The van der Waals surface area contributed by atoms with Crippen molar-refractivity contribution in [2.24, 2.45) is 0 Å². The largest absolute Gasteiger partial charge is 0.218 e. The number of rotatable bonds is 0. The smallest absolute Gasteiger partial charge is 0.175 e. The Kier molecular flexibility index (Phi) is 3.46. The molecule has 0 fully saturated rings. The van der Waals surface area contributed by atoms with Crippen LogP contribution in [0.3, 0.4) is 0 Å². The fourth-order valence-corrected chi connectivity index (χ4v) is 6.17. The molecule has 0 aliphatic carbocycles. The van der Waals surface area contributed by atoms with Crippen molar-refractivity contribution >= 4 is 104 Å². The molecule has 0 aromatic rings. The predicted molar refractivity (Wildman–Crippen MR) is 83.8 cm³/mol. The van der Waals surface area contributed by atoms with Gasteiger partial charge < -0.3 is 0 Å². The fraction of sp³-hybridized carbons (Fsp3) is 0.333. The van der Waals surface area contributed by atoms with Crippen LogP contribution in [0.5, 0.6) is 0 Å². The van der Waals surface area contributed by atoms with Crippen molar-refractivity contribution in [3.05, 3.63) is 30.2 Å². The second-order valence-corrected chi connectivity index (χ2v) is 7.99. The maximum Gasteiger partial charge on any atom is 0.175 e. The van der Waals surface area contributed by atoms with Gasteiger partial charge in [0.25, 0.3) is 0 Å². The second kappa shape index (κ2) is 4.20. The van der Waals surface area contributed by atoms with Crippen molar-refractivity contribution in [3.8, 4) is 0 Å². The Bertz CT molecular complexity index is 494. The summed E-state index contributed by atoms with van der Waals surface area (Å²) in [5, 5.41) is -0.0899. The average Bonchev–Trinajstić information content (AvgIpc) is 2.72. The summed E-state index contributed by atoms with van der Waals surface area (Å²) in [7, 11) is 0. The van der Waals surface area contributed by atoms with Crippen LogP contribution in [-0.2, 0) is 0 Å². The van der Waals surface area contributed by atoms with Crippen LogP contribution in [-0.4, -0.2) is 19.9 Å². The van der Waals surface area contributed by atoms with E-state index < -0.39 is 15.0 Å². The van der Waals surface area contributed by atoms with Crippen molar-refractivity contribution in [2.75, 3.05) is 0 Å². The number of hydrogen-bond acceptors (Lipinski definition) is 1. The topological polar surface area (TPSA) is 3.24 Å². The molecule has 0 aromatic carbocycles. The van der Waals surface area contributed by atoms with Gasteiger partial charge >= 0.3 is 0 Å². The lowest BCUT2D eigenvalue weighted by molar-refractivity contribution is 0.203. The van der Waals surface area contributed by atoms with Gasteiger partial charge in [0.2, 0.25) is 0 Å². The van der Waals surface area contributed by atoms with Gasteiger partial charge in [-0.2, -0.15) is 0 Å². The quantitative estimate of drug-likeness (QED) is 0.320. The molecule has 3 heterocycles. The molecule has 10 heteroatoms. The van der Waals surface area contributed by atoms with Crippen LogP contribution >= 0.6 is 104 Å². The highest BCUT2D eigenvalue weighted by molar-refractivity contribution is 6.62. The molecule has 0 spiro atoms. The van der Waals surface area contributed by atoms with Crippen LogP contribution in [0.4, 0.5) is 0 Å². The van der Waals surface area contributed by atoms with Crippen LogP contribution < -0.4 is 0 Å². The third-order valence-electron chi connectivity index (χ3n) is 3.25. The summed E-state index contributed by atoms with van der Waals surface area (Å²) in [5.74, 6) is 0. The molecule has 0 saturated heterocycles. The van der Waals surface area contributed by atoms with Crippen LogP contribution in [0.25, 0.3) is 0 Å². The first-order chi connectivity index (χ1) is 8.56. The van der Waals surface area contributed by atoms with E-state index in [0.29, 0.717) is 0 Å². The van der Waals surface area contributed by atoms with Crippen LogP contribution in [0.1, 0.15) is 0 Å². The first-order valence-corrected chi connectivity index (χ1v) is 8.02. The summed E-state index contributed by atoms with van der Waals surface area (Å²) in [5.41, 5.74) is 0. The van der Waals surface area contributed by atoms with Gasteiger partial charge in [-0.05, 0) is 0 Å². The lowest BCUT2D eigenvalue weighted by Crippen LogP contribution is -2.52. The van der Waals surface area contributed by atoms with Gasteiger partial charge in [0.1, 0.15) is 0 Å². The van der Waals surface area contributed by atoms with Gasteiger partial charge in [-0.3, -0.25) is 0 Å². The number of alkyl halides is 3. The summed E-state index contributed by atoms with van der Waals surface area (Å²) in [6.45, 7) is 0. The first kappa shape index (κ1) is 15.7. The van der Waals surface area contributed by atoms with E-state index in [-0.39, 0.29) is 30.2 Å². The summed E-state index contributed by atoms with van der Waals surface area (Å²) < 4.78 is 0. The second-order valence-electron chi connectivity index (χ2n) is 4.09. The maximum atomic E-state index is 6.46. The van der Waals surface area contributed by atoms with Crippen molar-refractivity contribution in [2.45, 2.75) is 15.0 Å². The summed E-state index contributed by atoms with van der Waals surface area (Å²) in [6.07, 6.45) is 0. The minimum absolute atomic E-state index is 0.0150. The molecule has 0 N–H and O–H groups in total. The fourth-order valence-electron chi connectivity index (χ4n) is 2.39. The van der Waals surface area contributed by atoms with Crippen LogP contribution in [0.15, 0.2) is 30.2 Å². The zero-order valence-electron chi connectivity index (χ0n) is 8.35. The van der Waals surface area contributed by atoms with Crippen LogP contribution in [0, 0.1) is 0 Å². The predicted octanol–water partition coefficient (Wildman–Crippen LogP) is 6.20. The zero-order valence-corrected chi connectivity index (χ0v) is 15.2. The highest BCUT2D eigenvalue weighted by Crippen LogP contribution is 2.74. The van der Waals surface area contributed by atoms with Gasteiger partial charge in [0.05, 0.1) is 30.2 Å². The summed E-state index contributed by atoms with van der Waals surface area (Å²) in [4.78, 5) is -3.47. The van der Waals surface area contributed by atoms with E-state index in [1.807, 2.05) is 0 Å². The minimum atomic E-state index is -1.59. The molecular formula is C9Cl9N. The van der Waals surface area contributed by atoms with Gasteiger partial charge in [0, 0.05) is 0 Å². The van der Waals surface area contributed by atoms with E-state index in [1.165, 1.54) is 4.90 Å². The lowest BCUT2D eigenvalue weighted by Gasteiger charge is -2.38. The number of nitrogens with zero attached hydrogens (tertiary/aromatic N) is 1. The van der Waals surface area contributed by atoms with Gasteiger partial charge in [-0.1, -0.05) is 104 Å². The SMILES string of the molecule is ClC1=C(Cl)C2(Cl)C(Cl)=C(Cl)C3(Cl)C(Cl)=C(Cl)C1(Cl)N23. The Labute approximate surface area is 153 Å². The molecule has 19 heavy (non-hydrogen) atoms. The normalized spacial score (nSPS) is 45.9. The molecule has 1 nitrogen and oxygen atoms in total. The van der Waals surface area contributed by atoms with Gasteiger partial charge in [-0.25, -0.2) is 4.90 Å². The molecule has 3 aliphatic heterocycles. The lowest BCUT2D eigenvalue weighted by atomic mass is 10.3. The zero-order chi connectivity index (χ0) is 14.5. The molecule has 0 radical (unpaired) electrons. The van der Waals surface area contributed by atoms with Crippen molar-refractivity contribution in [3.63, 3.8) is 0 Å². The summed E-state index contributed by atoms with van der Waals surface area (Å²) >= 11 is 56.3. The molecule has 0 bridgehead atoms. The van der Waals surface area contributed by atoms with E-state index in [0.717, 1.165) is 0 Å². The average molecular weight is 441 g/mol. The third-order valence-corrected chi connectivity index (χ3v) is 8.53. The van der Waals surface area contributed by atoms with E-state index in [2.05, 4.69) is 0 Å². The Morgan fingerprint density at radius 3 is 0.789 bits per heavy atom. The Morgan fingerprint density at radius 1 is 0.474 bits per heavy atom. The van der Waals surface area contributed by atoms with Crippen LogP contribution in [0.2, 0.25) is 0 Å². The monoisotopic (exact) mass is 437 g/mol. The van der Waals surface area contributed by atoms with E-state index in [9.17, 15) is 0 Å². The molecule has 3 rings (SSSR count). The van der Waals surface area contributed by atoms with Gasteiger partial charge in [-0.15, -0.1) is 0 Å². The molecular weight excluding hydrogens is 441 g/mol. The molecule has 0 saturated carbocycles. The molecule has 104 valence electrons. The third kappa shape index (κ3) is 1.36. The Morgan fingerprint density at radius 2 is 0.632 bits per heavy atom. The Balaban J connectivity index is 2.47. The number of halogens is 9. The molecule has 0 unspecified atom stereocenters. The van der Waals surface area contributed by atoms with Gasteiger partial charge in [0.15, 0.2) is 15.0 Å². The van der Waals surface area contributed by atoms with Crippen molar-refractivity contribution < 1.29 is 0 Å². The first-order valence-electron chi connectivity index (χ1n) is 4.62. The molecule has 0 aromatic heterocycles. The van der Waals surface area contributed by atoms with E-state index >= 15 is 0 Å². The highest BCUT2D eigenvalue weighted by Gasteiger charge is 2.77.